The highest BCUT2D eigenvalue weighted by molar-refractivity contribution is 5.74. The third-order valence-corrected chi connectivity index (χ3v) is 3.53. The molecule has 5 nitrogen and oxygen atoms in total. The lowest BCUT2D eigenvalue weighted by Gasteiger charge is -2.35. The van der Waals surface area contributed by atoms with Crippen molar-refractivity contribution < 1.29 is 14.4 Å². The molecule has 1 aromatic heterocycles. The fourth-order valence-corrected chi connectivity index (χ4v) is 2.13. The summed E-state index contributed by atoms with van der Waals surface area (Å²) in [5.41, 5.74) is 0.320. The normalized spacial score (nSPS) is 20.4. The summed E-state index contributed by atoms with van der Waals surface area (Å²) in [6.45, 7) is 6.03. The zero-order valence-electron chi connectivity index (χ0n) is 10.3. The van der Waals surface area contributed by atoms with Gasteiger partial charge in [-0.1, -0.05) is 5.16 Å². The molecule has 1 aromatic rings. The maximum absolute atomic E-state index is 11.1. The Hall–Kier alpha value is -1.36. The van der Waals surface area contributed by atoms with E-state index in [1.165, 1.54) is 0 Å². The van der Waals surface area contributed by atoms with E-state index < -0.39 is 11.4 Å². The molecule has 0 amide bonds. The molecule has 1 N–H and O–H groups in total. The standard InChI is InChI=1S/C12H18N2O3/c1-9-7-10(17-13-9)8-14-5-3-12(2,4-6-14)11(15)16/h7H,3-6,8H2,1-2H3,(H,15,16). The number of hydrogen-bond donors (Lipinski definition) is 1. The van der Waals surface area contributed by atoms with E-state index in [1.54, 1.807) is 0 Å². The van der Waals surface area contributed by atoms with Crippen LogP contribution in [0.2, 0.25) is 0 Å². The average Bonchev–Trinajstić information content (AvgIpc) is 2.67. The quantitative estimate of drug-likeness (QED) is 0.867. The Kier molecular flexibility index (Phi) is 3.19. The molecular formula is C12H18N2O3. The van der Waals surface area contributed by atoms with Crippen molar-refractivity contribution >= 4 is 5.97 Å². The third-order valence-electron chi connectivity index (χ3n) is 3.53. The van der Waals surface area contributed by atoms with Gasteiger partial charge in [0.05, 0.1) is 17.7 Å². The van der Waals surface area contributed by atoms with Gasteiger partial charge in [-0.3, -0.25) is 9.69 Å². The van der Waals surface area contributed by atoms with Crippen molar-refractivity contribution in [3.63, 3.8) is 0 Å². The number of aromatic nitrogens is 1. The Balaban J connectivity index is 1.89. The van der Waals surface area contributed by atoms with Crippen molar-refractivity contribution in [2.45, 2.75) is 33.2 Å². The average molecular weight is 238 g/mol. The number of rotatable bonds is 3. The lowest BCUT2D eigenvalue weighted by molar-refractivity contribution is -0.150. The van der Waals surface area contributed by atoms with Crippen molar-refractivity contribution in [3.05, 3.63) is 17.5 Å². The lowest BCUT2D eigenvalue weighted by atomic mass is 9.80. The molecule has 0 aromatic carbocycles. The maximum atomic E-state index is 11.1. The Bertz CT molecular complexity index is 406. The van der Waals surface area contributed by atoms with Crippen molar-refractivity contribution in [1.82, 2.24) is 10.1 Å². The second-order valence-electron chi connectivity index (χ2n) is 5.08. The highest BCUT2D eigenvalue weighted by atomic mass is 16.5. The molecule has 0 spiro atoms. The van der Waals surface area contributed by atoms with E-state index in [0.29, 0.717) is 12.8 Å². The van der Waals surface area contributed by atoms with Crippen LogP contribution in [0.5, 0.6) is 0 Å². The first-order chi connectivity index (χ1) is 7.99. The van der Waals surface area contributed by atoms with Gasteiger partial charge in [0, 0.05) is 6.07 Å². The number of carboxylic acids is 1. The summed E-state index contributed by atoms with van der Waals surface area (Å²) < 4.78 is 5.16. The van der Waals surface area contributed by atoms with Gasteiger partial charge in [0.15, 0.2) is 5.76 Å². The smallest absolute Gasteiger partial charge is 0.309 e. The second kappa shape index (κ2) is 4.49. The minimum Gasteiger partial charge on any atom is -0.481 e. The fourth-order valence-electron chi connectivity index (χ4n) is 2.13. The van der Waals surface area contributed by atoms with Crippen molar-refractivity contribution in [2.24, 2.45) is 5.41 Å². The van der Waals surface area contributed by atoms with E-state index in [0.717, 1.165) is 31.1 Å². The van der Waals surface area contributed by atoms with Crippen LogP contribution in [0.25, 0.3) is 0 Å². The van der Waals surface area contributed by atoms with E-state index in [-0.39, 0.29) is 0 Å². The largest absolute Gasteiger partial charge is 0.481 e. The summed E-state index contributed by atoms with van der Waals surface area (Å²) in [4.78, 5) is 13.3. The van der Waals surface area contributed by atoms with Crippen LogP contribution < -0.4 is 0 Å². The molecule has 1 aliphatic rings. The number of carboxylic acid groups (broad SMARTS) is 1. The topological polar surface area (TPSA) is 66.6 Å². The van der Waals surface area contributed by atoms with Crippen molar-refractivity contribution in [2.75, 3.05) is 13.1 Å². The predicted octanol–water partition coefficient (Wildman–Crippen LogP) is 1.67. The molecule has 94 valence electrons. The monoisotopic (exact) mass is 238 g/mol. The first kappa shape index (κ1) is 12.1. The molecule has 0 unspecified atom stereocenters. The zero-order valence-corrected chi connectivity index (χ0v) is 10.3. The number of nitrogens with zero attached hydrogens (tertiary/aromatic N) is 2. The van der Waals surface area contributed by atoms with Crippen LogP contribution in [-0.4, -0.2) is 34.2 Å². The Morgan fingerprint density at radius 2 is 2.24 bits per heavy atom. The van der Waals surface area contributed by atoms with E-state index in [4.69, 9.17) is 9.63 Å². The van der Waals surface area contributed by atoms with Gasteiger partial charge in [-0.25, -0.2) is 0 Å². The first-order valence-electron chi connectivity index (χ1n) is 5.87. The summed E-state index contributed by atoms with van der Waals surface area (Å²) in [6, 6.07) is 1.92. The molecule has 0 aliphatic carbocycles. The summed E-state index contributed by atoms with van der Waals surface area (Å²) >= 11 is 0. The summed E-state index contributed by atoms with van der Waals surface area (Å²) in [5.74, 6) is 0.161. The number of hydrogen-bond acceptors (Lipinski definition) is 4. The zero-order chi connectivity index (χ0) is 12.5. The third kappa shape index (κ3) is 2.66. The number of piperidine rings is 1. The van der Waals surface area contributed by atoms with Crippen LogP contribution >= 0.6 is 0 Å². The Morgan fingerprint density at radius 1 is 1.59 bits per heavy atom. The van der Waals surface area contributed by atoms with E-state index in [9.17, 15) is 4.79 Å². The van der Waals surface area contributed by atoms with Crippen LogP contribution in [-0.2, 0) is 11.3 Å². The number of carbonyl (C=O) groups is 1. The number of likely N-dealkylation sites (tertiary alicyclic amines) is 1. The number of aryl methyl sites for hydroxylation is 1. The van der Waals surface area contributed by atoms with E-state index in [1.807, 2.05) is 19.9 Å². The predicted molar refractivity (Wildman–Crippen MR) is 61.5 cm³/mol. The van der Waals surface area contributed by atoms with Crippen LogP contribution in [0.4, 0.5) is 0 Å². The highest BCUT2D eigenvalue weighted by Crippen LogP contribution is 2.31. The Morgan fingerprint density at radius 3 is 2.71 bits per heavy atom. The van der Waals surface area contributed by atoms with Crippen molar-refractivity contribution in [3.8, 4) is 0 Å². The van der Waals surface area contributed by atoms with Gasteiger partial charge in [-0.15, -0.1) is 0 Å². The molecule has 0 bridgehead atoms. The van der Waals surface area contributed by atoms with Gasteiger partial charge in [0.25, 0.3) is 0 Å². The molecule has 1 fully saturated rings. The molecule has 17 heavy (non-hydrogen) atoms. The SMILES string of the molecule is Cc1cc(CN2CCC(C)(C(=O)O)CC2)on1. The van der Waals surface area contributed by atoms with Crippen LogP contribution in [0.1, 0.15) is 31.2 Å². The van der Waals surface area contributed by atoms with Crippen LogP contribution in [0.3, 0.4) is 0 Å². The molecule has 2 rings (SSSR count). The molecule has 1 saturated heterocycles. The summed E-state index contributed by atoms with van der Waals surface area (Å²) in [7, 11) is 0. The van der Waals surface area contributed by atoms with Gasteiger partial charge in [-0.2, -0.15) is 0 Å². The van der Waals surface area contributed by atoms with Gasteiger partial charge in [0.2, 0.25) is 0 Å². The summed E-state index contributed by atoms with van der Waals surface area (Å²) in [6.07, 6.45) is 1.38. The minimum absolute atomic E-state index is 0.562. The molecule has 0 saturated carbocycles. The summed E-state index contributed by atoms with van der Waals surface area (Å²) in [5, 5.41) is 13.0. The number of aliphatic carboxylic acids is 1. The molecular weight excluding hydrogens is 220 g/mol. The van der Waals surface area contributed by atoms with Crippen molar-refractivity contribution in [1.29, 1.82) is 0 Å². The lowest BCUT2D eigenvalue weighted by Crippen LogP contribution is -2.42. The van der Waals surface area contributed by atoms with Gasteiger partial charge >= 0.3 is 5.97 Å². The van der Waals surface area contributed by atoms with Crippen LogP contribution in [0.15, 0.2) is 10.6 Å². The Labute approximate surface area is 100 Å². The first-order valence-corrected chi connectivity index (χ1v) is 5.87. The van der Waals surface area contributed by atoms with Gasteiger partial charge in [-0.05, 0) is 39.8 Å². The fraction of sp³-hybridized carbons (Fsp3) is 0.667. The molecule has 5 heteroatoms. The highest BCUT2D eigenvalue weighted by Gasteiger charge is 2.36. The maximum Gasteiger partial charge on any atom is 0.309 e. The van der Waals surface area contributed by atoms with E-state index >= 15 is 0 Å². The minimum atomic E-state index is -0.687. The van der Waals surface area contributed by atoms with E-state index in [2.05, 4.69) is 10.1 Å². The molecule has 1 aliphatic heterocycles. The van der Waals surface area contributed by atoms with Gasteiger partial charge in [0.1, 0.15) is 0 Å². The molecule has 2 heterocycles. The van der Waals surface area contributed by atoms with Gasteiger partial charge < -0.3 is 9.63 Å². The molecule has 0 atom stereocenters. The molecule has 0 radical (unpaired) electrons. The second-order valence-corrected chi connectivity index (χ2v) is 5.08. The van der Waals surface area contributed by atoms with Crippen LogP contribution in [0, 0.1) is 12.3 Å².